The summed E-state index contributed by atoms with van der Waals surface area (Å²) in [6, 6.07) is 0.595. The number of nitrogens with zero attached hydrogens (tertiary/aromatic N) is 1. The van der Waals surface area contributed by atoms with Crippen molar-refractivity contribution in [3.8, 4) is 0 Å². The van der Waals surface area contributed by atoms with E-state index in [1.54, 1.807) is 0 Å². The van der Waals surface area contributed by atoms with Crippen molar-refractivity contribution in [1.29, 1.82) is 0 Å². The van der Waals surface area contributed by atoms with Gasteiger partial charge in [0.05, 0.1) is 19.8 Å². The van der Waals surface area contributed by atoms with E-state index in [1.807, 2.05) is 0 Å². The molecule has 1 heterocycles. The van der Waals surface area contributed by atoms with Gasteiger partial charge in [0.1, 0.15) is 0 Å². The maximum Gasteiger partial charge on any atom is 0.234 e. The molecule has 0 aromatic heterocycles. The molecule has 1 aliphatic carbocycles. The van der Waals surface area contributed by atoms with Crippen LogP contribution in [0, 0.1) is 0 Å². The minimum absolute atomic E-state index is 0.136. The summed E-state index contributed by atoms with van der Waals surface area (Å²) < 4.78 is 5.36. The molecule has 0 aromatic carbocycles. The molecule has 1 saturated heterocycles. The van der Waals surface area contributed by atoms with E-state index in [0.29, 0.717) is 32.3 Å². The lowest BCUT2D eigenvalue weighted by Gasteiger charge is -2.34. The molecule has 1 saturated carbocycles. The summed E-state index contributed by atoms with van der Waals surface area (Å²) in [5, 5.41) is 3.11. The van der Waals surface area contributed by atoms with Gasteiger partial charge in [0.2, 0.25) is 5.91 Å². The van der Waals surface area contributed by atoms with Crippen LogP contribution in [0.3, 0.4) is 0 Å². The minimum atomic E-state index is 0.136. The molecule has 1 atom stereocenters. The number of amides is 1. The standard InChI is InChI=1S/C12H23N3O2/c13-7-11-9-17-6-5-15(11)8-12(16)14-10-3-1-2-4-10/h10-11H,1-9,13H2,(H,14,16). The van der Waals surface area contributed by atoms with Crippen LogP contribution >= 0.6 is 0 Å². The molecule has 2 fully saturated rings. The van der Waals surface area contributed by atoms with E-state index in [2.05, 4.69) is 10.2 Å². The maximum atomic E-state index is 11.9. The van der Waals surface area contributed by atoms with Gasteiger partial charge in [0.15, 0.2) is 0 Å². The smallest absolute Gasteiger partial charge is 0.234 e. The van der Waals surface area contributed by atoms with Gasteiger partial charge < -0.3 is 15.8 Å². The van der Waals surface area contributed by atoms with E-state index in [-0.39, 0.29) is 11.9 Å². The number of rotatable bonds is 4. The van der Waals surface area contributed by atoms with Gasteiger partial charge in [-0.1, -0.05) is 12.8 Å². The molecular formula is C12H23N3O2. The van der Waals surface area contributed by atoms with Crippen molar-refractivity contribution in [1.82, 2.24) is 10.2 Å². The fourth-order valence-electron chi connectivity index (χ4n) is 2.64. The molecule has 98 valence electrons. The van der Waals surface area contributed by atoms with Gasteiger partial charge in [-0.3, -0.25) is 9.69 Å². The van der Waals surface area contributed by atoms with Crippen LogP contribution in [0.5, 0.6) is 0 Å². The second-order valence-electron chi connectivity index (χ2n) is 4.98. The minimum Gasteiger partial charge on any atom is -0.378 e. The molecule has 0 bridgehead atoms. The third-order valence-electron chi connectivity index (χ3n) is 3.69. The Balaban J connectivity index is 1.75. The third-order valence-corrected chi connectivity index (χ3v) is 3.69. The highest BCUT2D eigenvalue weighted by Gasteiger charge is 2.25. The van der Waals surface area contributed by atoms with Crippen LogP contribution in [0.2, 0.25) is 0 Å². The Morgan fingerprint density at radius 2 is 2.18 bits per heavy atom. The van der Waals surface area contributed by atoms with Gasteiger partial charge in [0.25, 0.3) is 0 Å². The first-order valence-electron chi connectivity index (χ1n) is 6.61. The van der Waals surface area contributed by atoms with Gasteiger partial charge >= 0.3 is 0 Å². The summed E-state index contributed by atoms with van der Waals surface area (Å²) >= 11 is 0. The van der Waals surface area contributed by atoms with Crippen molar-refractivity contribution in [2.24, 2.45) is 5.73 Å². The third kappa shape index (κ3) is 3.66. The Bertz CT molecular complexity index is 254. The Kier molecular flexibility index (Phi) is 4.76. The Hall–Kier alpha value is -0.650. The van der Waals surface area contributed by atoms with E-state index in [4.69, 9.17) is 10.5 Å². The van der Waals surface area contributed by atoms with Crippen LogP contribution in [0.25, 0.3) is 0 Å². The van der Waals surface area contributed by atoms with Crippen molar-refractivity contribution in [2.75, 3.05) is 32.8 Å². The normalized spacial score (nSPS) is 27.2. The first-order chi connectivity index (χ1) is 8.29. The summed E-state index contributed by atoms with van der Waals surface area (Å²) in [5.74, 6) is 0.136. The lowest BCUT2D eigenvalue weighted by Crippen LogP contribution is -2.53. The first-order valence-corrected chi connectivity index (χ1v) is 6.61. The molecule has 2 aliphatic rings. The van der Waals surface area contributed by atoms with Crippen LogP contribution in [-0.2, 0) is 9.53 Å². The molecule has 5 nitrogen and oxygen atoms in total. The lowest BCUT2D eigenvalue weighted by atomic mass is 10.2. The number of carbonyl (C=O) groups excluding carboxylic acids is 1. The molecule has 2 rings (SSSR count). The van der Waals surface area contributed by atoms with Crippen LogP contribution in [0.15, 0.2) is 0 Å². The van der Waals surface area contributed by atoms with Gasteiger partial charge in [0, 0.05) is 25.2 Å². The fraction of sp³-hybridized carbons (Fsp3) is 0.917. The first kappa shape index (κ1) is 12.8. The van der Waals surface area contributed by atoms with E-state index in [1.165, 1.54) is 12.8 Å². The number of ether oxygens (including phenoxy) is 1. The maximum absolute atomic E-state index is 11.9. The van der Waals surface area contributed by atoms with Crippen LogP contribution < -0.4 is 11.1 Å². The van der Waals surface area contributed by atoms with Crippen molar-refractivity contribution < 1.29 is 9.53 Å². The van der Waals surface area contributed by atoms with Crippen molar-refractivity contribution >= 4 is 5.91 Å². The number of morpholine rings is 1. The van der Waals surface area contributed by atoms with Gasteiger partial charge in [-0.15, -0.1) is 0 Å². The highest BCUT2D eigenvalue weighted by Crippen LogP contribution is 2.17. The number of nitrogens with one attached hydrogen (secondary N) is 1. The summed E-state index contributed by atoms with van der Waals surface area (Å²) in [6.45, 7) is 3.17. The topological polar surface area (TPSA) is 67.6 Å². The van der Waals surface area contributed by atoms with Gasteiger partial charge in [-0.25, -0.2) is 0 Å². The molecule has 1 unspecified atom stereocenters. The lowest BCUT2D eigenvalue weighted by molar-refractivity contribution is -0.125. The van der Waals surface area contributed by atoms with E-state index < -0.39 is 0 Å². The van der Waals surface area contributed by atoms with E-state index in [9.17, 15) is 4.79 Å². The molecule has 0 radical (unpaired) electrons. The zero-order chi connectivity index (χ0) is 12.1. The second kappa shape index (κ2) is 6.33. The summed E-state index contributed by atoms with van der Waals surface area (Å²) in [6.07, 6.45) is 4.76. The highest BCUT2D eigenvalue weighted by atomic mass is 16.5. The SMILES string of the molecule is NCC1COCCN1CC(=O)NC1CCCC1. The Labute approximate surface area is 103 Å². The molecule has 0 aromatic rings. The zero-order valence-corrected chi connectivity index (χ0v) is 10.4. The monoisotopic (exact) mass is 241 g/mol. The van der Waals surface area contributed by atoms with Crippen LogP contribution in [0.4, 0.5) is 0 Å². The van der Waals surface area contributed by atoms with Gasteiger partial charge in [-0.2, -0.15) is 0 Å². The molecule has 1 aliphatic heterocycles. The largest absolute Gasteiger partial charge is 0.378 e. The molecule has 0 spiro atoms. The Morgan fingerprint density at radius 1 is 1.41 bits per heavy atom. The quantitative estimate of drug-likeness (QED) is 0.709. The van der Waals surface area contributed by atoms with E-state index >= 15 is 0 Å². The van der Waals surface area contributed by atoms with Crippen LogP contribution in [-0.4, -0.2) is 55.7 Å². The average molecular weight is 241 g/mol. The van der Waals surface area contributed by atoms with E-state index in [0.717, 1.165) is 19.4 Å². The number of carbonyl (C=O) groups is 1. The molecule has 1 amide bonds. The molecular weight excluding hydrogens is 218 g/mol. The van der Waals surface area contributed by atoms with Crippen LogP contribution in [0.1, 0.15) is 25.7 Å². The fourth-order valence-corrected chi connectivity index (χ4v) is 2.64. The molecule has 3 N–H and O–H groups in total. The summed E-state index contributed by atoms with van der Waals surface area (Å²) in [4.78, 5) is 14.0. The number of hydrogen-bond acceptors (Lipinski definition) is 4. The average Bonchev–Trinajstić information content (AvgIpc) is 2.82. The number of nitrogens with two attached hydrogens (primary N) is 1. The number of hydrogen-bond donors (Lipinski definition) is 2. The second-order valence-corrected chi connectivity index (χ2v) is 4.98. The summed E-state index contributed by atoms with van der Waals surface area (Å²) in [7, 11) is 0. The van der Waals surface area contributed by atoms with Crippen molar-refractivity contribution in [3.05, 3.63) is 0 Å². The Morgan fingerprint density at radius 3 is 2.88 bits per heavy atom. The molecule has 5 heteroatoms. The predicted octanol–water partition coefficient (Wildman–Crippen LogP) is -0.295. The predicted molar refractivity (Wildman–Crippen MR) is 65.6 cm³/mol. The van der Waals surface area contributed by atoms with Gasteiger partial charge in [-0.05, 0) is 12.8 Å². The summed E-state index contributed by atoms with van der Waals surface area (Å²) in [5.41, 5.74) is 5.68. The van der Waals surface area contributed by atoms with Crippen molar-refractivity contribution in [3.63, 3.8) is 0 Å². The zero-order valence-electron chi connectivity index (χ0n) is 10.4. The highest BCUT2D eigenvalue weighted by molar-refractivity contribution is 5.78. The van der Waals surface area contributed by atoms with Crippen molar-refractivity contribution in [2.45, 2.75) is 37.8 Å². The molecule has 17 heavy (non-hydrogen) atoms.